The van der Waals surface area contributed by atoms with Gasteiger partial charge in [-0.05, 0) is 24.6 Å². The van der Waals surface area contributed by atoms with Crippen LogP contribution in [0.5, 0.6) is 0 Å². The molecule has 2 aromatic heterocycles. The Morgan fingerprint density at radius 3 is 2.89 bits per heavy atom. The quantitative estimate of drug-likeness (QED) is 0.779. The van der Waals surface area contributed by atoms with Crippen LogP contribution in [-0.2, 0) is 6.42 Å². The monoisotopic (exact) mass is 290 g/mol. The van der Waals surface area contributed by atoms with Gasteiger partial charge in [0, 0.05) is 10.4 Å². The number of hydrogen-bond donors (Lipinski definition) is 1. The van der Waals surface area contributed by atoms with Crippen LogP contribution in [0.2, 0.25) is 5.02 Å². The van der Waals surface area contributed by atoms with E-state index in [1.165, 1.54) is 0 Å². The molecule has 3 nitrogen and oxygen atoms in total. The summed E-state index contributed by atoms with van der Waals surface area (Å²) in [6.07, 6.45) is 0.905. The first-order valence-electron chi connectivity index (χ1n) is 5.96. The third-order valence-corrected chi connectivity index (χ3v) is 4.43. The van der Waals surface area contributed by atoms with Crippen LogP contribution in [0.3, 0.4) is 0 Å². The molecule has 3 rings (SSSR count). The highest BCUT2D eigenvalue weighted by atomic mass is 35.5. The lowest BCUT2D eigenvalue weighted by Gasteiger charge is -2.02. The number of H-pyrrole nitrogens is 1. The van der Waals surface area contributed by atoms with E-state index in [4.69, 9.17) is 11.6 Å². The molecule has 0 radical (unpaired) electrons. The van der Waals surface area contributed by atoms with Gasteiger partial charge in [-0.3, -0.25) is 4.79 Å². The minimum Gasteiger partial charge on any atom is -0.306 e. The van der Waals surface area contributed by atoms with Crippen molar-refractivity contribution < 1.29 is 0 Å². The van der Waals surface area contributed by atoms with Crippen molar-refractivity contribution in [2.75, 3.05) is 0 Å². The zero-order chi connectivity index (χ0) is 13.4. The maximum atomic E-state index is 12.1. The summed E-state index contributed by atoms with van der Waals surface area (Å²) in [5.74, 6) is 0.521. The summed E-state index contributed by atoms with van der Waals surface area (Å²) >= 11 is 7.69. The summed E-state index contributed by atoms with van der Waals surface area (Å²) in [5.41, 5.74) is 0.630. The molecule has 0 atom stereocenters. The summed E-state index contributed by atoms with van der Waals surface area (Å²) in [6.45, 7) is 2.06. The first-order valence-corrected chi connectivity index (χ1v) is 7.16. The molecule has 3 aromatic rings. The molecule has 0 aliphatic carbocycles. The second kappa shape index (κ2) is 4.79. The molecule has 96 valence electrons. The Labute approximate surface area is 118 Å². The normalized spacial score (nSPS) is 11.1. The highest BCUT2D eigenvalue weighted by molar-refractivity contribution is 7.18. The molecular weight excluding hydrogens is 280 g/mol. The van der Waals surface area contributed by atoms with Crippen molar-refractivity contribution >= 4 is 33.2 Å². The fraction of sp³-hybridized carbons (Fsp3) is 0.143. The van der Waals surface area contributed by atoms with Crippen molar-refractivity contribution in [3.8, 4) is 11.4 Å². The van der Waals surface area contributed by atoms with Gasteiger partial charge in [-0.25, -0.2) is 4.98 Å². The molecular formula is C14H11ClN2OS. The summed E-state index contributed by atoms with van der Waals surface area (Å²) < 4.78 is 0. The molecule has 1 N–H and O–H groups in total. The van der Waals surface area contributed by atoms with E-state index in [1.807, 2.05) is 24.3 Å². The predicted octanol–water partition coefficient (Wildman–Crippen LogP) is 3.87. The first-order chi connectivity index (χ1) is 9.19. The van der Waals surface area contributed by atoms with Crippen LogP contribution < -0.4 is 5.56 Å². The van der Waals surface area contributed by atoms with E-state index < -0.39 is 0 Å². The van der Waals surface area contributed by atoms with Gasteiger partial charge in [0.2, 0.25) is 0 Å². The zero-order valence-corrected chi connectivity index (χ0v) is 11.8. The van der Waals surface area contributed by atoms with Gasteiger partial charge in [0.25, 0.3) is 5.56 Å². The maximum Gasteiger partial charge on any atom is 0.259 e. The van der Waals surface area contributed by atoms with Crippen molar-refractivity contribution in [1.29, 1.82) is 0 Å². The minimum absolute atomic E-state index is 0.115. The number of benzene rings is 1. The molecule has 0 unspecified atom stereocenters. The van der Waals surface area contributed by atoms with Gasteiger partial charge in [-0.2, -0.15) is 0 Å². The van der Waals surface area contributed by atoms with Gasteiger partial charge < -0.3 is 4.98 Å². The van der Waals surface area contributed by atoms with E-state index in [0.29, 0.717) is 16.2 Å². The van der Waals surface area contributed by atoms with Crippen LogP contribution in [0.25, 0.3) is 21.6 Å². The molecule has 0 spiro atoms. The molecule has 19 heavy (non-hydrogen) atoms. The summed E-state index contributed by atoms with van der Waals surface area (Å²) in [7, 11) is 0. The number of nitrogens with zero attached hydrogens (tertiary/aromatic N) is 1. The fourth-order valence-electron chi connectivity index (χ4n) is 1.94. The SMILES string of the molecule is CCc1cc2c(=O)[nH]c(-c3ccccc3Cl)nc2s1. The number of thiophene rings is 1. The number of nitrogens with one attached hydrogen (secondary N) is 1. The molecule has 0 aliphatic heterocycles. The Balaban J connectivity index is 2.26. The number of aromatic nitrogens is 2. The Bertz CT molecular complexity index is 807. The van der Waals surface area contributed by atoms with Crippen LogP contribution in [0, 0.1) is 0 Å². The number of hydrogen-bond acceptors (Lipinski definition) is 3. The number of fused-ring (bicyclic) bond motifs is 1. The average molecular weight is 291 g/mol. The van der Waals surface area contributed by atoms with E-state index >= 15 is 0 Å². The lowest BCUT2D eigenvalue weighted by Crippen LogP contribution is -2.08. The van der Waals surface area contributed by atoms with Crippen molar-refractivity contribution in [1.82, 2.24) is 9.97 Å². The van der Waals surface area contributed by atoms with E-state index in [2.05, 4.69) is 16.9 Å². The second-order valence-corrected chi connectivity index (χ2v) is 5.70. The zero-order valence-electron chi connectivity index (χ0n) is 10.2. The van der Waals surface area contributed by atoms with Crippen LogP contribution in [0.15, 0.2) is 35.1 Å². The third-order valence-electron chi connectivity index (χ3n) is 2.93. The van der Waals surface area contributed by atoms with Gasteiger partial charge in [0.05, 0.1) is 10.4 Å². The average Bonchev–Trinajstić information content (AvgIpc) is 2.83. The maximum absolute atomic E-state index is 12.1. The Hall–Kier alpha value is -1.65. The van der Waals surface area contributed by atoms with Crippen molar-refractivity contribution in [3.63, 3.8) is 0 Å². The standard InChI is InChI=1S/C14H11ClN2OS/c1-2-8-7-10-13(18)16-12(17-14(10)19-8)9-5-3-4-6-11(9)15/h3-7H,2H2,1H3,(H,16,17,18). The molecule has 0 aliphatic rings. The largest absolute Gasteiger partial charge is 0.306 e. The highest BCUT2D eigenvalue weighted by Gasteiger charge is 2.11. The molecule has 0 saturated heterocycles. The topological polar surface area (TPSA) is 45.8 Å². The van der Waals surface area contributed by atoms with Gasteiger partial charge in [-0.15, -0.1) is 11.3 Å². The van der Waals surface area contributed by atoms with Crippen LogP contribution >= 0.6 is 22.9 Å². The van der Waals surface area contributed by atoms with E-state index in [1.54, 1.807) is 17.4 Å². The smallest absolute Gasteiger partial charge is 0.259 e. The Kier molecular flexibility index (Phi) is 3.12. The molecule has 0 saturated carbocycles. The van der Waals surface area contributed by atoms with Gasteiger partial charge in [0.1, 0.15) is 10.7 Å². The molecule has 0 amide bonds. The highest BCUT2D eigenvalue weighted by Crippen LogP contribution is 2.27. The number of aromatic amines is 1. The molecule has 0 bridgehead atoms. The number of rotatable bonds is 2. The van der Waals surface area contributed by atoms with Gasteiger partial charge >= 0.3 is 0 Å². The summed E-state index contributed by atoms with van der Waals surface area (Å²) in [4.78, 5) is 21.3. The van der Waals surface area contributed by atoms with Gasteiger partial charge in [0.15, 0.2) is 0 Å². The summed E-state index contributed by atoms with van der Waals surface area (Å²) in [5, 5.41) is 1.23. The minimum atomic E-state index is -0.115. The second-order valence-electron chi connectivity index (χ2n) is 4.18. The van der Waals surface area contributed by atoms with Crippen molar-refractivity contribution in [3.05, 3.63) is 50.6 Å². The Morgan fingerprint density at radius 1 is 1.37 bits per heavy atom. The molecule has 5 heteroatoms. The van der Waals surface area contributed by atoms with Gasteiger partial charge in [-0.1, -0.05) is 30.7 Å². The van der Waals surface area contributed by atoms with Crippen LogP contribution in [0.4, 0.5) is 0 Å². The summed E-state index contributed by atoms with van der Waals surface area (Å²) in [6, 6.07) is 9.26. The number of aryl methyl sites for hydroxylation is 1. The third kappa shape index (κ3) is 2.17. The molecule has 1 aromatic carbocycles. The lowest BCUT2D eigenvalue weighted by atomic mass is 10.2. The van der Waals surface area contributed by atoms with Crippen LogP contribution in [0.1, 0.15) is 11.8 Å². The Morgan fingerprint density at radius 2 is 2.16 bits per heavy atom. The van der Waals surface area contributed by atoms with E-state index in [9.17, 15) is 4.79 Å². The van der Waals surface area contributed by atoms with E-state index in [-0.39, 0.29) is 5.56 Å². The molecule has 2 heterocycles. The van der Waals surface area contributed by atoms with Crippen LogP contribution in [-0.4, -0.2) is 9.97 Å². The van der Waals surface area contributed by atoms with Crippen molar-refractivity contribution in [2.45, 2.75) is 13.3 Å². The van der Waals surface area contributed by atoms with E-state index in [0.717, 1.165) is 21.7 Å². The predicted molar refractivity (Wildman–Crippen MR) is 80.1 cm³/mol. The molecule has 0 fully saturated rings. The first kappa shape index (κ1) is 12.4. The lowest BCUT2D eigenvalue weighted by molar-refractivity contribution is 1.18. The fourth-order valence-corrected chi connectivity index (χ4v) is 3.13. The number of halogens is 1. The van der Waals surface area contributed by atoms with Crippen molar-refractivity contribution in [2.24, 2.45) is 0 Å².